The van der Waals surface area contributed by atoms with Crippen LogP contribution < -0.4 is 10.0 Å². The lowest BCUT2D eigenvalue weighted by Crippen LogP contribution is -2.18. The highest BCUT2D eigenvalue weighted by molar-refractivity contribution is 9.10. The summed E-state index contributed by atoms with van der Waals surface area (Å²) < 4.78 is 41.7. The van der Waals surface area contributed by atoms with Crippen molar-refractivity contribution in [3.63, 3.8) is 0 Å². The summed E-state index contributed by atoms with van der Waals surface area (Å²) in [4.78, 5) is -0.411. The molecule has 0 unspecified atom stereocenters. The van der Waals surface area contributed by atoms with E-state index in [1.165, 1.54) is 18.5 Å². The molecular weight excluding hydrogens is 363 g/mol. The molecule has 1 aromatic carbocycles. The number of hydrogen-bond acceptors (Lipinski definition) is 4. The van der Waals surface area contributed by atoms with Gasteiger partial charge < -0.3 is 5.32 Å². The number of nitrogens with one attached hydrogen (secondary N) is 3. The van der Waals surface area contributed by atoms with Gasteiger partial charge in [0.2, 0.25) is 0 Å². The molecule has 0 aliphatic heterocycles. The first-order chi connectivity index (χ1) is 9.94. The number of sulfonamides is 1. The number of aromatic nitrogens is 2. The van der Waals surface area contributed by atoms with Crippen LogP contribution in [0.15, 0.2) is 33.9 Å². The van der Waals surface area contributed by atoms with E-state index in [1.54, 1.807) is 6.07 Å². The highest BCUT2D eigenvalue weighted by Crippen LogP contribution is 2.25. The lowest BCUT2D eigenvalue weighted by atomic mass is 10.2. The monoisotopic (exact) mass is 376 g/mol. The third kappa shape index (κ3) is 3.80. The molecule has 114 valence electrons. The van der Waals surface area contributed by atoms with Gasteiger partial charge in [0.1, 0.15) is 10.7 Å². The molecule has 0 spiro atoms. The number of hydrogen-bond donors (Lipinski definition) is 3. The Morgan fingerprint density at radius 3 is 2.81 bits per heavy atom. The van der Waals surface area contributed by atoms with E-state index < -0.39 is 20.7 Å². The Kier molecular flexibility index (Phi) is 4.96. The summed E-state index contributed by atoms with van der Waals surface area (Å²) in [5.74, 6) is -0.768. The van der Waals surface area contributed by atoms with Gasteiger partial charge in [-0.05, 0) is 18.7 Å². The van der Waals surface area contributed by atoms with Crippen LogP contribution in [-0.2, 0) is 16.6 Å². The van der Waals surface area contributed by atoms with Crippen molar-refractivity contribution in [2.24, 2.45) is 0 Å². The van der Waals surface area contributed by atoms with E-state index in [-0.39, 0.29) is 17.8 Å². The van der Waals surface area contributed by atoms with Gasteiger partial charge in [0.15, 0.2) is 0 Å². The van der Waals surface area contributed by atoms with Crippen molar-refractivity contribution in [2.75, 3.05) is 11.3 Å². The van der Waals surface area contributed by atoms with Crippen LogP contribution in [0.4, 0.5) is 10.1 Å². The van der Waals surface area contributed by atoms with Gasteiger partial charge in [0.05, 0.1) is 11.9 Å². The van der Waals surface area contributed by atoms with Crippen LogP contribution in [-0.4, -0.2) is 25.2 Å². The van der Waals surface area contributed by atoms with Crippen molar-refractivity contribution in [1.29, 1.82) is 0 Å². The zero-order valence-corrected chi connectivity index (χ0v) is 13.6. The Morgan fingerprint density at radius 2 is 2.19 bits per heavy atom. The molecule has 0 saturated carbocycles. The molecule has 0 atom stereocenters. The first-order valence-corrected chi connectivity index (χ1v) is 8.42. The second-order valence-corrected chi connectivity index (χ2v) is 6.82. The normalized spacial score (nSPS) is 11.6. The number of aromatic amines is 1. The second-order valence-electron chi connectivity index (χ2n) is 4.25. The number of halogens is 2. The zero-order valence-electron chi connectivity index (χ0n) is 11.2. The molecule has 0 fully saturated rings. The van der Waals surface area contributed by atoms with Crippen molar-refractivity contribution >= 4 is 31.6 Å². The van der Waals surface area contributed by atoms with Crippen molar-refractivity contribution in [3.8, 4) is 0 Å². The van der Waals surface area contributed by atoms with Crippen molar-refractivity contribution in [2.45, 2.75) is 18.4 Å². The Bertz CT molecular complexity index is 719. The molecule has 1 aromatic heterocycles. The van der Waals surface area contributed by atoms with E-state index >= 15 is 0 Å². The molecule has 9 heteroatoms. The Morgan fingerprint density at radius 1 is 1.43 bits per heavy atom. The fraction of sp³-hybridized carbons (Fsp3) is 0.250. The average molecular weight is 377 g/mol. The summed E-state index contributed by atoms with van der Waals surface area (Å²) in [6.45, 7) is 2.78. The molecular formula is C12H14BrFN4O2S. The Labute approximate surface area is 130 Å². The van der Waals surface area contributed by atoms with Gasteiger partial charge in [-0.3, -0.25) is 9.82 Å². The van der Waals surface area contributed by atoms with E-state index in [1.807, 2.05) is 6.92 Å². The Hall–Kier alpha value is -1.45. The summed E-state index contributed by atoms with van der Waals surface area (Å²) in [5, 5.41) is 9.08. The maximum absolute atomic E-state index is 14.4. The van der Waals surface area contributed by atoms with Crippen molar-refractivity contribution in [1.82, 2.24) is 15.5 Å². The standard InChI is InChI=1S/C12H14BrFN4O2S/c1-2-15-5-8-3-9(13)4-11(12(8)14)21(19,20)18-10-6-16-17-7-10/h3-4,6-7,15,18H,2,5H2,1H3,(H,16,17). The number of rotatable bonds is 6. The maximum atomic E-state index is 14.4. The van der Waals surface area contributed by atoms with Gasteiger partial charge in [-0.1, -0.05) is 22.9 Å². The minimum Gasteiger partial charge on any atom is -0.313 e. The molecule has 0 amide bonds. The molecule has 6 nitrogen and oxygen atoms in total. The third-order valence-electron chi connectivity index (χ3n) is 2.68. The molecule has 2 rings (SSSR count). The number of H-pyrrole nitrogens is 1. The van der Waals surface area contributed by atoms with Gasteiger partial charge >= 0.3 is 0 Å². The molecule has 2 aromatic rings. The van der Waals surface area contributed by atoms with Crippen molar-refractivity contribution in [3.05, 3.63) is 40.4 Å². The molecule has 0 aliphatic rings. The molecule has 3 N–H and O–H groups in total. The largest absolute Gasteiger partial charge is 0.313 e. The summed E-state index contributed by atoms with van der Waals surface area (Å²) >= 11 is 3.20. The van der Waals surface area contributed by atoms with Gasteiger partial charge in [-0.2, -0.15) is 5.10 Å². The summed E-state index contributed by atoms with van der Waals surface area (Å²) in [7, 11) is -4.03. The quantitative estimate of drug-likeness (QED) is 0.721. The van der Waals surface area contributed by atoms with E-state index in [0.717, 1.165) is 0 Å². The Balaban J connectivity index is 2.40. The number of nitrogens with zero attached hydrogens (tertiary/aromatic N) is 1. The highest BCUT2D eigenvalue weighted by atomic mass is 79.9. The number of anilines is 1. The zero-order chi connectivity index (χ0) is 15.5. The minimum atomic E-state index is -4.03. The molecule has 0 radical (unpaired) electrons. The molecule has 0 aliphatic carbocycles. The minimum absolute atomic E-state index is 0.239. The molecule has 0 saturated heterocycles. The SMILES string of the molecule is CCNCc1cc(Br)cc(S(=O)(=O)Nc2cn[nH]c2)c1F. The molecule has 1 heterocycles. The fourth-order valence-electron chi connectivity index (χ4n) is 1.72. The maximum Gasteiger partial charge on any atom is 0.264 e. The number of benzene rings is 1. The predicted molar refractivity (Wildman–Crippen MR) is 80.9 cm³/mol. The first kappa shape index (κ1) is 15.9. The van der Waals surface area contributed by atoms with Crippen LogP contribution in [0, 0.1) is 5.82 Å². The lowest BCUT2D eigenvalue weighted by molar-refractivity contribution is 0.552. The van der Waals surface area contributed by atoms with Crippen LogP contribution in [0.5, 0.6) is 0 Å². The van der Waals surface area contributed by atoms with Gasteiger partial charge in [0, 0.05) is 22.8 Å². The molecule has 0 bridgehead atoms. The third-order valence-corrected chi connectivity index (χ3v) is 4.52. The summed E-state index contributed by atoms with van der Waals surface area (Å²) in [6, 6.07) is 2.78. The van der Waals surface area contributed by atoms with E-state index in [4.69, 9.17) is 0 Å². The second kappa shape index (κ2) is 6.54. The van der Waals surface area contributed by atoms with Crippen LogP contribution >= 0.6 is 15.9 Å². The van der Waals surface area contributed by atoms with Crippen LogP contribution in [0.3, 0.4) is 0 Å². The van der Waals surface area contributed by atoms with Gasteiger partial charge in [0.25, 0.3) is 10.0 Å². The van der Waals surface area contributed by atoms with E-state index in [2.05, 4.69) is 36.2 Å². The topological polar surface area (TPSA) is 86.9 Å². The summed E-state index contributed by atoms with van der Waals surface area (Å²) in [6.07, 6.45) is 2.67. The first-order valence-electron chi connectivity index (χ1n) is 6.14. The van der Waals surface area contributed by atoms with Crippen molar-refractivity contribution < 1.29 is 12.8 Å². The van der Waals surface area contributed by atoms with E-state index in [0.29, 0.717) is 11.0 Å². The van der Waals surface area contributed by atoms with Gasteiger partial charge in [-0.15, -0.1) is 0 Å². The summed E-state index contributed by atoms with van der Waals surface area (Å²) in [5.41, 5.74) is 0.515. The van der Waals surface area contributed by atoms with E-state index in [9.17, 15) is 12.8 Å². The van der Waals surface area contributed by atoms with Crippen LogP contribution in [0.1, 0.15) is 12.5 Å². The fourth-order valence-corrected chi connectivity index (χ4v) is 3.56. The van der Waals surface area contributed by atoms with Crippen LogP contribution in [0.25, 0.3) is 0 Å². The molecule has 21 heavy (non-hydrogen) atoms. The highest BCUT2D eigenvalue weighted by Gasteiger charge is 2.22. The smallest absolute Gasteiger partial charge is 0.264 e. The predicted octanol–water partition coefficient (Wildman–Crippen LogP) is 2.22. The van der Waals surface area contributed by atoms with Gasteiger partial charge in [-0.25, -0.2) is 12.8 Å². The van der Waals surface area contributed by atoms with Crippen LogP contribution in [0.2, 0.25) is 0 Å². The average Bonchev–Trinajstić information content (AvgIpc) is 2.91. The lowest BCUT2D eigenvalue weighted by Gasteiger charge is -2.11.